The third kappa shape index (κ3) is 5.03. The average Bonchev–Trinajstić information content (AvgIpc) is 2.56. The number of rotatable bonds is 5. The maximum absolute atomic E-state index is 9.99. The van der Waals surface area contributed by atoms with Gasteiger partial charge in [-0.25, -0.2) is 0 Å². The van der Waals surface area contributed by atoms with Gasteiger partial charge in [-0.3, -0.25) is 4.99 Å². The molecule has 1 saturated heterocycles. The summed E-state index contributed by atoms with van der Waals surface area (Å²) in [5.41, 5.74) is 0.861. The molecule has 23 heavy (non-hydrogen) atoms. The van der Waals surface area contributed by atoms with Gasteiger partial charge in [0, 0.05) is 32.2 Å². The standard InChI is InChI=1S/C17H27N3O3/c1-3-18-17(20-10-7-14(21)8-11-20)19-9-6-13-4-5-15(23-2)12-16(13)22/h4-5,12,14,21-22H,3,6-11H2,1-2H3,(H,18,19). The molecule has 0 amide bonds. The summed E-state index contributed by atoms with van der Waals surface area (Å²) in [6.07, 6.45) is 2.04. The normalized spacial score (nSPS) is 16.5. The third-order valence-electron chi connectivity index (χ3n) is 4.03. The summed E-state index contributed by atoms with van der Waals surface area (Å²) in [7, 11) is 1.58. The maximum Gasteiger partial charge on any atom is 0.193 e. The lowest BCUT2D eigenvalue weighted by Gasteiger charge is -2.32. The molecule has 6 nitrogen and oxygen atoms in total. The number of phenols is 1. The summed E-state index contributed by atoms with van der Waals surface area (Å²) in [4.78, 5) is 6.83. The summed E-state index contributed by atoms with van der Waals surface area (Å²) >= 11 is 0. The van der Waals surface area contributed by atoms with Gasteiger partial charge in [0.05, 0.1) is 13.2 Å². The van der Waals surface area contributed by atoms with E-state index in [1.807, 2.05) is 19.1 Å². The molecule has 0 unspecified atom stereocenters. The van der Waals surface area contributed by atoms with E-state index in [4.69, 9.17) is 4.74 Å². The highest BCUT2D eigenvalue weighted by atomic mass is 16.5. The highest BCUT2D eigenvalue weighted by molar-refractivity contribution is 5.80. The van der Waals surface area contributed by atoms with Crippen LogP contribution < -0.4 is 10.1 Å². The third-order valence-corrected chi connectivity index (χ3v) is 4.03. The fraction of sp³-hybridized carbons (Fsp3) is 0.588. The molecule has 1 heterocycles. The molecule has 1 aromatic rings. The molecule has 6 heteroatoms. The molecule has 1 aromatic carbocycles. The van der Waals surface area contributed by atoms with Crippen molar-refractivity contribution in [2.24, 2.45) is 4.99 Å². The van der Waals surface area contributed by atoms with Crippen LogP contribution >= 0.6 is 0 Å². The molecule has 0 bridgehead atoms. The Kier molecular flexibility index (Phi) is 6.52. The molecule has 0 radical (unpaired) electrons. The Morgan fingerprint density at radius 3 is 2.74 bits per heavy atom. The number of hydrogen-bond acceptors (Lipinski definition) is 4. The van der Waals surface area contributed by atoms with Crippen molar-refractivity contribution >= 4 is 5.96 Å². The first-order valence-corrected chi connectivity index (χ1v) is 8.21. The molecule has 0 atom stereocenters. The Hall–Kier alpha value is -1.95. The number of guanidine groups is 1. The molecular formula is C17H27N3O3. The summed E-state index contributed by atoms with van der Waals surface area (Å²) in [6, 6.07) is 5.33. The van der Waals surface area contributed by atoms with Crippen LogP contribution in [-0.2, 0) is 6.42 Å². The first kappa shape index (κ1) is 17.4. The van der Waals surface area contributed by atoms with Crippen molar-refractivity contribution in [2.75, 3.05) is 33.3 Å². The predicted molar refractivity (Wildman–Crippen MR) is 91.2 cm³/mol. The number of nitrogens with zero attached hydrogens (tertiary/aromatic N) is 2. The minimum absolute atomic E-state index is 0.189. The number of aromatic hydroxyl groups is 1. The fourth-order valence-corrected chi connectivity index (χ4v) is 2.67. The van der Waals surface area contributed by atoms with E-state index < -0.39 is 0 Å². The highest BCUT2D eigenvalue weighted by Gasteiger charge is 2.19. The van der Waals surface area contributed by atoms with Crippen LogP contribution in [0.15, 0.2) is 23.2 Å². The number of benzene rings is 1. The van der Waals surface area contributed by atoms with Gasteiger partial charge < -0.3 is 25.2 Å². The molecule has 2 rings (SSSR count). The number of piperidine rings is 1. The first-order chi connectivity index (χ1) is 11.1. The van der Waals surface area contributed by atoms with Crippen LogP contribution in [0, 0.1) is 0 Å². The molecular weight excluding hydrogens is 294 g/mol. The number of nitrogens with one attached hydrogen (secondary N) is 1. The number of ether oxygens (including phenoxy) is 1. The van der Waals surface area contributed by atoms with Crippen molar-refractivity contribution in [2.45, 2.75) is 32.3 Å². The van der Waals surface area contributed by atoms with Crippen LogP contribution in [0.3, 0.4) is 0 Å². The maximum atomic E-state index is 9.99. The Morgan fingerprint density at radius 2 is 2.13 bits per heavy atom. The lowest BCUT2D eigenvalue weighted by Crippen LogP contribution is -2.46. The van der Waals surface area contributed by atoms with Gasteiger partial charge in [-0.15, -0.1) is 0 Å². The van der Waals surface area contributed by atoms with Crippen molar-refractivity contribution in [3.63, 3.8) is 0 Å². The lowest BCUT2D eigenvalue weighted by atomic mass is 10.1. The molecule has 1 fully saturated rings. The van der Waals surface area contributed by atoms with Gasteiger partial charge in [0.25, 0.3) is 0 Å². The molecule has 1 aliphatic heterocycles. The monoisotopic (exact) mass is 321 g/mol. The fourth-order valence-electron chi connectivity index (χ4n) is 2.67. The van der Waals surface area contributed by atoms with E-state index in [0.29, 0.717) is 18.7 Å². The SMILES string of the molecule is CCNC(=NCCc1ccc(OC)cc1O)N1CCC(O)CC1. The number of aliphatic hydroxyl groups excluding tert-OH is 1. The van der Waals surface area contributed by atoms with Crippen molar-refractivity contribution in [3.05, 3.63) is 23.8 Å². The van der Waals surface area contributed by atoms with Gasteiger partial charge in [-0.2, -0.15) is 0 Å². The minimum atomic E-state index is -0.189. The second-order valence-corrected chi connectivity index (χ2v) is 5.70. The smallest absolute Gasteiger partial charge is 0.193 e. The zero-order valence-electron chi connectivity index (χ0n) is 14.0. The molecule has 128 valence electrons. The van der Waals surface area contributed by atoms with Crippen LogP contribution in [-0.4, -0.2) is 60.5 Å². The van der Waals surface area contributed by atoms with Crippen LogP contribution in [0.4, 0.5) is 0 Å². The Labute approximate surface area is 137 Å². The van der Waals surface area contributed by atoms with E-state index in [1.165, 1.54) is 0 Å². The molecule has 0 saturated carbocycles. The van der Waals surface area contributed by atoms with Gasteiger partial charge >= 0.3 is 0 Å². The summed E-state index contributed by atoms with van der Waals surface area (Å²) in [5.74, 6) is 1.77. The topological polar surface area (TPSA) is 77.3 Å². The zero-order valence-corrected chi connectivity index (χ0v) is 14.0. The Morgan fingerprint density at radius 1 is 1.39 bits per heavy atom. The molecule has 0 spiro atoms. The number of methoxy groups -OCH3 is 1. The van der Waals surface area contributed by atoms with Crippen LogP contribution in [0.1, 0.15) is 25.3 Å². The van der Waals surface area contributed by atoms with E-state index in [2.05, 4.69) is 15.2 Å². The molecule has 0 aliphatic carbocycles. The number of phenolic OH excluding ortho intramolecular Hbond substituents is 1. The number of aliphatic imine (C=N–C) groups is 1. The zero-order chi connectivity index (χ0) is 16.7. The highest BCUT2D eigenvalue weighted by Crippen LogP contribution is 2.23. The molecule has 3 N–H and O–H groups in total. The van der Waals surface area contributed by atoms with Crippen LogP contribution in [0.25, 0.3) is 0 Å². The van der Waals surface area contributed by atoms with Gasteiger partial charge in [0.2, 0.25) is 0 Å². The summed E-state index contributed by atoms with van der Waals surface area (Å²) < 4.78 is 5.09. The quantitative estimate of drug-likeness (QED) is 0.564. The average molecular weight is 321 g/mol. The number of aliphatic hydroxyl groups is 1. The predicted octanol–water partition coefficient (Wildman–Crippen LogP) is 1.37. The van der Waals surface area contributed by atoms with E-state index in [0.717, 1.165) is 44.0 Å². The second kappa shape index (κ2) is 8.62. The summed E-state index contributed by atoms with van der Waals surface area (Å²) in [5, 5.41) is 22.9. The molecule has 0 aromatic heterocycles. The van der Waals surface area contributed by atoms with Crippen LogP contribution in [0.5, 0.6) is 11.5 Å². The van der Waals surface area contributed by atoms with Crippen molar-refractivity contribution < 1.29 is 14.9 Å². The van der Waals surface area contributed by atoms with Gasteiger partial charge in [-0.05, 0) is 37.8 Å². The van der Waals surface area contributed by atoms with E-state index >= 15 is 0 Å². The first-order valence-electron chi connectivity index (χ1n) is 8.21. The lowest BCUT2D eigenvalue weighted by molar-refractivity contribution is 0.108. The van der Waals surface area contributed by atoms with Gasteiger partial charge in [0.15, 0.2) is 5.96 Å². The van der Waals surface area contributed by atoms with E-state index in [9.17, 15) is 10.2 Å². The number of likely N-dealkylation sites (tertiary alicyclic amines) is 1. The second-order valence-electron chi connectivity index (χ2n) is 5.70. The Bertz CT molecular complexity index is 526. The Balaban J connectivity index is 1.95. The minimum Gasteiger partial charge on any atom is -0.508 e. The number of hydrogen-bond donors (Lipinski definition) is 3. The van der Waals surface area contributed by atoms with Crippen LogP contribution in [0.2, 0.25) is 0 Å². The van der Waals surface area contributed by atoms with Crippen molar-refractivity contribution in [3.8, 4) is 11.5 Å². The van der Waals surface area contributed by atoms with Gasteiger partial charge in [0.1, 0.15) is 11.5 Å². The van der Waals surface area contributed by atoms with E-state index in [1.54, 1.807) is 13.2 Å². The van der Waals surface area contributed by atoms with Crippen molar-refractivity contribution in [1.82, 2.24) is 10.2 Å². The van der Waals surface area contributed by atoms with Gasteiger partial charge in [-0.1, -0.05) is 6.07 Å². The molecule has 1 aliphatic rings. The largest absolute Gasteiger partial charge is 0.508 e. The van der Waals surface area contributed by atoms with E-state index in [-0.39, 0.29) is 11.9 Å². The van der Waals surface area contributed by atoms with Crippen molar-refractivity contribution in [1.29, 1.82) is 0 Å². The summed E-state index contributed by atoms with van der Waals surface area (Å²) in [6.45, 7) is 5.10.